The molecule has 0 saturated carbocycles. The van der Waals surface area contributed by atoms with Crippen LogP contribution in [0.1, 0.15) is 6.42 Å². The van der Waals surface area contributed by atoms with Crippen molar-refractivity contribution >= 4 is 5.91 Å². The summed E-state index contributed by atoms with van der Waals surface area (Å²) >= 11 is 0. The lowest BCUT2D eigenvalue weighted by molar-refractivity contribution is -0.269. The Labute approximate surface area is 94.1 Å². The van der Waals surface area contributed by atoms with Gasteiger partial charge < -0.3 is 10.6 Å². The summed E-state index contributed by atoms with van der Waals surface area (Å²) in [6, 6.07) is 0. The topological polar surface area (TPSA) is 41.1 Å². The van der Waals surface area contributed by atoms with Crippen molar-refractivity contribution in [1.29, 1.82) is 0 Å². The molecule has 0 aromatic rings. The minimum Gasteiger partial charge on any atom is -0.347 e. The molecule has 1 heterocycles. The lowest BCUT2D eigenvalue weighted by Crippen LogP contribution is -2.50. The monoisotopic (exact) mass is 258 g/mol. The van der Waals surface area contributed by atoms with Crippen molar-refractivity contribution in [3.8, 4) is 0 Å². The summed E-state index contributed by atoms with van der Waals surface area (Å²) in [5.41, 5.74) is 0.634. The molecular formula is C9H11F5N2O. The zero-order chi connectivity index (χ0) is 13.1. The number of hydrogen-bond acceptors (Lipinski definition) is 2. The van der Waals surface area contributed by atoms with Crippen molar-refractivity contribution in [2.75, 3.05) is 19.6 Å². The van der Waals surface area contributed by atoms with E-state index in [2.05, 4.69) is 5.32 Å². The van der Waals surface area contributed by atoms with Crippen LogP contribution in [0.5, 0.6) is 0 Å². The summed E-state index contributed by atoms with van der Waals surface area (Å²) in [4.78, 5) is 10.7. The molecule has 0 fully saturated rings. The van der Waals surface area contributed by atoms with Crippen LogP contribution >= 0.6 is 0 Å². The van der Waals surface area contributed by atoms with Crippen LogP contribution in [0.15, 0.2) is 11.6 Å². The fourth-order valence-electron chi connectivity index (χ4n) is 1.26. The third kappa shape index (κ3) is 3.39. The number of carbonyl (C=O) groups excluding carboxylic acids is 1. The Morgan fingerprint density at radius 2 is 2.00 bits per heavy atom. The first-order valence-corrected chi connectivity index (χ1v) is 4.86. The van der Waals surface area contributed by atoms with Crippen molar-refractivity contribution in [2.45, 2.75) is 18.5 Å². The van der Waals surface area contributed by atoms with Crippen LogP contribution in [0.4, 0.5) is 22.0 Å². The summed E-state index contributed by atoms with van der Waals surface area (Å²) in [6.07, 6.45) is -3.70. The average molecular weight is 258 g/mol. The second-order valence-corrected chi connectivity index (χ2v) is 3.57. The molecule has 3 nitrogen and oxygen atoms in total. The van der Waals surface area contributed by atoms with Gasteiger partial charge in [0.05, 0.1) is 0 Å². The van der Waals surface area contributed by atoms with Crippen LogP contribution < -0.4 is 10.6 Å². The van der Waals surface area contributed by atoms with Gasteiger partial charge in [0.25, 0.3) is 0 Å². The Morgan fingerprint density at radius 3 is 2.47 bits per heavy atom. The Bertz CT molecular complexity index is 324. The highest BCUT2D eigenvalue weighted by Gasteiger charge is 2.63. The van der Waals surface area contributed by atoms with Crippen LogP contribution in [0, 0.1) is 0 Å². The summed E-state index contributed by atoms with van der Waals surface area (Å²) in [5.74, 6) is -7.66. The van der Waals surface area contributed by atoms with E-state index >= 15 is 0 Å². The Hall–Kier alpha value is -1.18. The lowest BCUT2D eigenvalue weighted by atomic mass is 10.1. The molecule has 17 heavy (non-hydrogen) atoms. The zero-order valence-electron chi connectivity index (χ0n) is 8.70. The third-order valence-electron chi connectivity index (χ3n) is 2.28. The summed E-state index contributed by atoms with van der Waals surface area (Å²) in [5, 5.41) is 4.53. The van der Waals surface area contributed by atoms with E-state index in [-0.39, 0.29) is 6.54 Å². The second kappa shape index (κ2) is 4.99. The van der Waals surface area contributed by atoms with Gasteiger partial charge in [0, 0.05) is 13.1 Å². The van der Waals surface area contributed by atoms with Crippen LogP contribution in [0.25, 0.3) is 0 Å². The predicted molar refractivity (Wildman–Crippen MR) is 49.6 cm³/mol. The Balaban J connectivity index is 2.52. The number of rotatable bonds is 3. The molecule has 1 amide bonds. The van der Waals surface area contributed by atoms with Gasteiger partial charge in [-0.1, -0.05) is 11.6 Å². The Kier molecular flexibility index (Phi) is 4.07. The van der Waals surface area contributed by atoms with E-state index in [0.717, 1.165) is 0 Å². The number of nitrogens with one attached hydrogen (secondary N) is 2. The van der Waals surface area contributed by atoms with E-state index in [1.54, 1.807) is 11.4 Å². The van der Waals surface area contributed by atoms with E-state index in [0.29, 0.717) is 25.1 Å². The molecule has 0 spiro atoms. The predicted octanol–water partition coefficient (Wildman–Crippen LogP) is 1.22. The number of halogens is 5. The van der Waals surface area contributed by atoms with Gasteiger partial charge in [-0.2, -0.15) is 22.0 Å². The molecule has 0 aromatic heterocycles. The van der Waals surface area contributed by atoms with Crippen LogP contribution in [-0.2, 0) is 4.79 Å². The van der Waals surface area contributed by atoms with Crippen molar-refractivity contribution in [3.63, 3.8) is 0 Å². The van der Waals surface area contributed by atoms with E-state index < -0.39 is 18.0 Å². The SMILES string of the molecule is O=C(NCC1=CCNCC1)C(F)(F)C(F)(F)F. The highest BCUT2D eigenvalue weighted by Crippen LogP contribution is 2.35. The highest BCUT2D eigenvalue weighted by atomic mass is 19.4. The van der Waals surface area contributed by atoms with Crippen molar-refractivity contribution < 1.29 is 26.7 Å². The van der Waals surface area contributed by atoms with Crippen LogP contribution in [-0.4, -0.2) is 37.6 Å². The maximum absolute atomic E-state index is 12.5. The largest absolute Gasteiger partial charge is 0.463 e. The molecule has 8 heteroatoms. The lowest BCUT2D eigenvalue weighted by Gasteiger charge is -2.20. The maximum atomic E-state index is 12.5. The first-order chi connectivity index (χ1) is 7.75. The third-order valence-corrected chi connectivity index (χ3v) is 2.28. The van der Waals surface area contributed by atoms with Gasteiger partial charge in [-0.25, -0.2) is 0 Å². The molecule has 1 rings (SSSR count). The first-order valence-electron chi connectivity index (χ1n) is 4.86. The molecule has 0 aliphatic carbocycles. The molecular weight excluding hydrogens is 247 g/mol. The summed E-state index contributed by atoms with van der Waals surface area (Å²) < 4.78 is 60.5. The minimum atomic E-state index is -5.86. The van der Waals surface area contributed by atoms with Crippen LogP contribution in [0.2, 0.25) is 0 Å². The van der Waals surface area contributed by atoms with Crippen molar-refractivity contribution in [1.82, 2.24) is 10.6 Å². The number of carbonyl (C=O) groups is 1. The maximum Gasteiger partial charge on any atom is 0.463 e. The normalized spacial score (nSPS) is 17.6. The molecule has 0 saturated heterocycles. The van der Waals surface area contributed by atoms with Gasteiger partial charge in [-0.05, 0) is 13.0 Å². The van der Waals surface area contributed by atoms with Gasteiger partial charge in [0.15, 0.2) is 0 Å². The molecule has 1 aliphatic rings. The fraction of sp³-hybridized carbons (Fsp3) is 0.667. The minimum absolute atomic E-state index is 0.286. The molecule has 0 aromatic carbocycles. The van der Waals surface area contributed by atoms with Gasteiger partial charge in [0.2, 0.25) is 0 Å². The van der Waals surface area contributed by atoms with Gasteiger partial charge in [-0.15, -0.1) is 0 Å². The van der Waals surface area contributed by atoms with E-state index in [1.165, 1.54) is 0 Å². The molecule has 1 aliphatic heterocycles. The standard InChI is InChI=1S/C9H11F5N2O/c10-8(11,9(12,13)14)7(17)16-5-6-1-3-15-4-2-6/h1,15H,2-5H2,(H,16,17). The first kappa shape index (κ1) is 13.9. The van der Waals surface area contributed by atoms with E-state index in [9.17, 15) is 26.7 Å². The van der Waals surface area contributed by atoms with Crippen molar-refractivity contribution in [2.24, 2.45) is 0 Å². The van der Waals surface area contributed by atoms with Crippen molar-refractivity contribution in [3.05, 3.63) is 11.6 Å². The number of amides is 1. The Morgan fingerprint density at radius 1 is 1.35 bits per heavy atom. The van der Waals surface area contributed by atoms with E-state index in [1.807, 2.05) is 0 Å². The van der Waals surface area contributed by atoms with Crippen LogP contribution in [0.3, 0.4) is 0 Å². The van der Waals surface area contributed by atoms with Gasteiger partial charge >= 0.3 is 18.0 Å². The van der Waals surface area contributed by atoms with Gasteiger partial charge in [0.1, 0.15) is 0 Å². The van der Waals surface area contributed by atoms with Gasteiger partial charge in [-0.3, -0.25) is 4.79 Å². The summed E-state index contributed by atoms with van der Waals surface area (Å²) in [6.45, 7) is 0.838. The molecule has 0 unspecified atom stereocenters. The number of hydrogen-bond donors (Lipinski definition) is 2. The number of alkyl halides is 5. The molecule has 98 valence electrons. The zero-order valence-corrected chi connectivity index (χ0v) is 8.70. The molecule has 0 bridgehead atoms. The fourth-order valence-corrected chi connectivity index (χ4v) is 1.26. The van der Waals surface area contributed by atoms with E-state index in [4.69, 9.17) is 0 Å². The summed E-state index contributed by atoms with van der Waals surface area (Å²) in [7, 11) is 0. The second-order valence-electron chi connectivity index (χ2n) is 3.57. The highest BCUT2D eigenvalue weighted by molar-refractivity contribution is 5.84. The smallest absolute Gasteiger partial charge is 0.347 e. The molecule has 0 radical (unpaired) electrons. The average Bonchev–Trinajstić information content (AvgIpc) is 2.25. The quantitative estimate of drug-likeness (QED) is 0.590. The molecule has 2 N–H and O–H groups in total. The molecule has 0 atom stereocenters.